The van der Waals surface area contributed by atoms with Gasteiger partial charge in [-0.25, -0.2) is 0 Å². The molecule has 0 heterocycles. The molecule has 4 aromatic carbocycles. The molecule has 0 aromatic heterocycles. The van der Waals surface area contributed by atoms with Gasteiger partial charge in [0.15, 0.2) is 0 Å². The van der Waals surface area contributed by atoms with E-state index in [1.54, 1.807) is 0 Å². The van der Waals surface area contributed by atoms with Crippen molar-refractivity contribution >= 4 is 6.08 Å². The number of hydrogen-bond donors (Lipinski definition) is 0. The van der Waals surface area contributed by atoms with E-state index in [0.717, 1.165) is 5.56 Å². The molecule has 0 radical (unpaired) electrons. The Balaban J connectivity index is 1.97. The normalized spacial score (nSPS) is 13.6. The molecule has 29 heavy (non-hydrogen) atoms. The molecule has 0 N–H and O–H groups in total. The van der Waals surface area contributed by atoms with E-state index in [-0.39, 0.29) is 5.41 Å². The molecule has 0 nitrogen and oxygen atoms in total. The molecule has 5 rings (SSSR count). The van der Waals surface area contributed by atoms with E-state index < -0.39 is 0 Å². The Bertz CT molecular complexity index is 1180. The predicted octanol–water partition coefficient (Wildman–Crippen LogP) is 7.31. The molecule has 0 heteroatoms. The zero-order valence-corrected chi connectivity index (χ0v) is 16.9. The summed E-state index contributed by atoms with van der Waals surface area (Å²) in [5, 5.41) is 0. The van der Waals surface area contributed by atoms with E-state index in [2.05, 4.69) is 111 Å². The third kappa shape index (κ3) is 2.46. The van der Waals surface area contributed by atoms with Crippen molar-refractivity contribution in [2.45, 2.75) is 19.3 Å². The highest BCUT2D eigenvalue weighted by molar-refractivity contribution is 5.86. The lowest BCUT2D eigenvalue weighted by Crippen LogP contribution is -2.29. The third-order valence-electron chi connectivity index (χ3n) is 6.33. The van der Waals surface area contributed by atoms with Crippen LogP contribution in [-0.2, 0) is 5.41 Å². The van der Waals surface area contributed by atoms with Crippen LogP contribution >= 0.6 is 0 Å². The molecule has 0 unspecified atom stereocenters. The SMILES string of the molecule is C=Cc1ccc(C2(c3cc(C)ccc3C)c3ccccc3-c3ccccc32)cc1. The first-order chi connectivity index (χ1) is 14.2. The summed E-state index contributed by atoms with van der Waals surface area (Å²) in [5.74, 6) is 0. The molecule has 0 spiro atoms. The van der Waals surface area contributed by atoms with Crippen molar-refractivity contribution in [1.82, 2.24) is 0 Å². The Hall–Kier alpha value is -3.38. The molecule has 0 amide bonds. The number of fused-ring (bicyclic) bond motifs is 3. The Morgan fingerprint density at radius 1 is 0.655 bits per heavy atom. The fraction of sp³-hybridized carbons (Fsp3) is 0.103. The van der Waals surface area contributed by atoms with Crippen molar-refractivity contribution in [2.75, 3.05) is 0 Å². The molecule has 1 aliphatic rings. The molecule has 0 bridgehead atoms. The van der Waals surface area contributed by atoms with Gasteiger partial charge in [-0.05, 0) is 58.4 Å². The van der Waals surface area contributed by atoms with Gasteiger partial charge in [-0.1, -0.05) is 109 Å². The summed E-state index contributed by atoms with van der Waals surface area (Å²) in [6.45, 7) is 8.35. The smallest absolute Gasteiger partial charge is 0.0716 e. The summed E-state index contributed by atoms with van der Waals surface area (Å²) < 4.78 is 0. The van der Waals surface area contributed by atoms with Crippen LogP contribution in [0.3, 0.4) is 0 Å². The quantitative estimate of drug-likeness (QED) is 0.311. The second kappa shape index (κ2) is 6.60. The van der Waals surface area contributed by atoms with Crippen LogP contribution in [0, 0.1) is 13.8 Å². The lowest BCUT2D eigenvalue weighted by atomic mass is 9.66. The van der Waals surface area contributed by atoms with Crippen LogP contribution in [0.1, 0.15) is 38.9 Å². The van der Waals surface area contributed by atoms with Gasteiger partial charge in [0, 0.05) is 0 Å². The van der Waals surface area contributed by atoms with Gasteiger partial charge in [0.25, 0.3) is 0 Å². The molecule has 0 fully saturated rings. The molecule has 0 aliphatic heterocycles. The maximum absolute atomic E-state index is 3.93. The van der Waals surface area contributed by atoms with Gasteiger partial charge in [-0.2, -0.15) is 0 Å². The van der Waals surface area contributed by atoms with Crippen LogP contribution in [0.4, 0.5) is 0 Å². The van der Waals surface area contributed by atoms with Crippen molar-refractivity contribution in [3.63, 3.8) is 0 Å². The van der Waals surface area contributed by atoms with Crippen molar-refractivity contribution in [3.05, 3.63) is 137 Å². The van der Waals surface area contributed by atoms with E-state index in [1.165, 1.54) is 44.5 Å². The van der Waals surface area contributed by atoms with Gasteiger partial charge in [0.05, 0.1) is 5.41 Å². The summed E-state index contributed by atoms with van der Waals surface area (Å²) in [7, 11) is 0. The number of benzene rings is 4. The van der Waals surface area contributed by atoms with Crippen molar-refractivity contribution in [1.29, 1.82) is 0 Å². The highest BCUT2D eigenvalue weighted by atomic mass is 14.5. The van der Waals surface area contributed by atoms with Gasteiger partial charge < -0.3 is 0 Å². The highest BCUT2D eigenvalue weighted by Crippen LogP contribution is 2.56. The van der Waals surface area contributed by atoms with Crippen molar-refractivity contribution < 1.29 is 0 Å². The summed E-state index contributed by atoms with van der Waals surface area (Å²) in [6.07, 6.45) is 1.91. The lowest BCUT2D eigenvalue weighted by molar-refractivity contribution is 0.760. The molecule has 140 valence electrons. The fourth-order valence-electron chi connectivity index (χ4n) is 5.00. The highest BCUT2D eigenvalue weighted by Gasteiger charge is 2.46. The second-order valence-corrected chi connectivity index (χ2v) is 7.99. The van der Waals surface area contributed by atoms with Crippen LogP contribution in [-0.4, -0.2) is 0 Å². The average molecular weight is 373 g/mol. The number of aryl methyl sites for hydroxylation is 2. The molecular weight excluding hydrogens is 348 g/mol. The minimum Gasteiger partial charge on any atom is -0.0985 e. The zero-order chi connectivity index (χ0) is 20.0. The van der Waals surface area contributed by atoms with E-state index in [4.69, 9.17) is 0 Å². The van der Waals surface area contributed by atoms with E-state index in [1.807, 2.05) is 6.08 Å². The molecule has 0 saturated heterocycles. The predicted molar refractivity (Wildman–Crippen MR) is 123 cm³/mol. The maximum Gasteiger partial charge on any atom is 0.0716 e. The molecule has 0 atom stereocenters. The van der Waals surface area contributed by atoms with E-state index in [9.17, 15) is 0 Å². The first-order valence-electron chi connectivity index (χ1n) is 10.2. The topological polar surface area (TPSA) is 0 Å². The van der Waals surface area contributed by atoms with Crippen LogP contribution < -0.4 is 0 Å². The van der Waals surface area contributed by atoms with Gasteiger partial charge in [-0.3, -0.25) is 0 Å². The van der Waals surface area contributed by atoms with Crippen molar-refractivity contribution in [3.8, 4) is 11.1 Å². The third-order valence-corrected chi connectivity index (χ3v) is 6.33. The molecule has 4 aromatic rings. The Labute approximate surface area is 173 Å². The molecule has 0 saturated carbocycles. The summed E-state index contributed by atoms with van der Waals surface area (Å²) in [4.78, 5) is 0. The minimum atomic E-state index is -0.316. The summed E-state index contributed by atoms with van der Waals surface area (Å²) in [6, 6.07) is 33.5. The Morgan fingerprint density at radius 3 is 1.83 bits per heavy atom. The van der Waals surface area contributed by atoms with Crippen LogP contribution in [0.15, 0.2) is 97.6 Å². The van der Waals surface area contributed by atoms with Gasteiger partial charge in [0.2, 0.25) is 0 Å². The minimum absolute atomic E-state index is 0.316. The zero-order valence-electron chi connectivity index (χ0n) is 16.9. The monoisotopic (exact) mass is 372 g/mol. The largest absolute Gasteiger partial charge is 0.0985 e. The first kappa shape index (κ1) is 17.7. The van der Waals surface area contributed by atoms with Crippen LogP contribution in [0.25, 0.3) is 17.2 Å². The lowest BCUT2D eigenvalue weighted by Gasteiger charge is -2.35. The number of rotatable bonds is 3. The van der Waals surface area contributed by atoms with Gasteiger partial charge in [-0.15, -0.1) is 0 Å². The van der Waals surface area contributed by atoms with E-state index in [0.29, 0.717) is 0 Å². The average Bonchev–Trinajstić information content (AvgIpc) is 3.07. The van der Waals surface area contributed by atoms with Gasteiger partial charge in [0.1, 0.15) is 0 Å². The van der Waals surface area contributed by atoms with Crippen LogP contribution in [0.5, 0.6) is 0 Å². The van der Waals surface area contributed by atoms with E-state index >= 15 is 0 Å². The summed E-state index contributed by atoms with van der Waals surface area (Å²) >= 11 is 0. The Morgan fingerprint density at radius 2 is 1.24 bits per heavy atom. The Kier molecular flexibility index (Phi) is 4.03. The fourth-order valence-corrected chi connectivity index (χ4v) is 5.00. The second-order valence-electron chi connectivity index (χ2n) is 7.99. The van der Waals surface area contributed by atoms with Crippen LogP contribution in [0.2, 0.25) is 0 Å². The molecular formula is C29H24. The summed E-state index contributed by atoms with van der Waals surface area (Å²) in [5.41, 5.74) is 11.5. The van der Waals surface area contributed by atoms with Crippen molar-refractivity contribution in [2.24, 2.45) is 0 Å². The maximum atomic E-state index is 3.93. The standard InChI is InChI=1S/C29H24/c1-4-22-15-17-23(18-16-22)29(28-19-20(2)13-14-21(28)3)26-11-7-5-9-24(26)25-10-6-8-12-27(25)29/h4-19H,1H2,2-3H3. The van der Waals surface area contributed by atoms with Gasteiger partial charge >= 0.3 is 0 Å². The molecule has 1 aliphatic carbocycles. The number of hydrogen-bond acceptors (Lipinski definition) is 0. The first-order valence-corrected chi connectivity index (χ1v) is 10.2.